The van der Waals surface area contributed by atoms with E-state index in [1.54, 1.807) is 24.3 Å². The summed E-state index contributed by atoms with van der Waals surface area (Å²) in [5, 5.41) is 13.0. The van der Waals surface area contributed by atoms with Gasteiger partial charge >= 0.3 is 5.97 Å². The van der Waals surface area contributed by atoms with Crippen molar-refractivity contribution in [2.24, 2.45) is 5.92 Å². The van der Waals surface area contributed by atoms with Gasteiger partial charge in [-0.25, -0.2) is 9.48 Å². The maximum Gasteiger partial charge on any atom is 0.338 e. The van der Waals surface area contributed by atoms with Gasteiger partial charge in [0.15, 0.2) is 0 Å². The Morgan fingerprint density at radius 1 is 1.30 bits per heavy atom. The van der Waals surface area contributed by atoms with Gasteiger partial charge in [0, 0.05) is 0 Å². The van der Waals surface area contributed by atoms with Gasteiger partial charge in [0.25, 0.3) is 0 Å². The van der Waals surface area contributed by atoms with Crippen LogP contribution in [0, 0.1) is 17.2 Å². The zero-order valence-corrected chi connectivity index (χ0v) is 15.4. The quantitative estimate of drug-likeness (QED) is 0.621. The molecule has 0 radical (unpaired) electrons. The highest BCUT2D eigenvalue weighted by Crippen LogP contribution is 2.26. The summed E-state index contributed by atoms with van der Waals surface area (Å²) in [5.74, 6) is 0.438. The molecule has 142 valence electrons. The van der Waals surface area contributed by atoms with Gasteiger partial charge in [0.1, 0.15) is 24.1 Å². The molecule has 2 aromatic rings. The van der Waals surface area contributed by atoms with Crippen molar-refractivity contribution in [3.63, 3.8) is 0 Å². The fraction of sp³-hybridized carbons (Fsp3) is 0.450. The van der Waals surface area contributed by atoms with E-state index in [1.807, 2.05) is 6.07 Å². The van der Waals surface area contributed by atoms with Gasteiger partial charge < -0.3 is 15.2 Å². The van der Waals surface area contributed by atoms with Crippen LogP contribution in [0.4, 0.5) is 5.82 Å². The summed E-state index contributed by atoms with van der Waals surface area (Å²) in [6, 6.07) is 8.69. The van der Waals surface area contributed by atoms with Crippen LogP contribution >= 0.6 is 0 Å². The number of anilines is 1. The smallest absolute Gasteiger partial charge is 0.338 e. The van der Waals surface area contributed by atoms with Gasteiger partial charge in [0.2, 0.25) is 0 Å². The van der Waals surface area contributed by atoms with Crippen molar-refractivity contribution in [3.8, 4) is 11.8 Å². The highest BCUT2D eigenvalue weighted by Gasteiger charge is 2.21. The predicted octanol–water partition coefficient (Wildman–Crippen LogP) is 3.08. The second-order valence-corrected chi connectivity index (χ2v) is 6.82. The fourth-order valence-corrected chi connectivity index (χ4v) is 3.34. The van der Waals surface area contributed by atoms with Crippen LogP contribution in [-0.2, 0) is 9.47 Å². The molecule has 0 unspecified atom stereocenters. The minimum atomic E-state index is -0.395. The Labute approximate surface area is 158 Å². The van der Waals surface area contributed by atoms with Crippen LogP contribution in [0.1, 0.15) is 48.5 Å². The molecule has 0 bridgehead atoms. The van der Waals surface area contributed by atoms with E-state index in [9.17, 15) is 4.79 Å². The van der Waals surface area contributed by atoms with E-state index in [4.69, 9.17) is 20.5 Å². The van der Waals surface area contributed by atoms with E-state index in [0.717, 1.165) is 6.42 Å². The Balaban J connectivity index is 1.50. The summed E-state index contributed by atoms with van der Waals surface area (Å²) in [6.07, 6.45) is 6.44. The first-order valence-electron chi connectivity index (χ1n) is 9.23. The van der Waals surface area contributed by atoms with Gasteiger partial charge in [-0.15, -0.1) is 0 Å². The third-order valence-electron chi connectivity index (χ3n) is 4.96. The monoisotopic (exact) mass is 368 g/mol. The van der Waals surface area contributed by atoms with Gasteiger partial charge in [-0.2, -0.15) is 10.4 Å². The lowest BCUT2D eigenvalue weighted by molar-refractivity contribution is -0.0271. The van der Waals surface area contributed by atoms with Crippen molar-refractivity contribution >= 4 is 11.8 Å². The van der Waals surface area contributed by atoms with Crippen molar-refractivity contribution in [1.29, 1.82) is 5.26 Å². The number of nitrogen functional groups attached to an aromatic ring is 1. The molecule has 7 heteroatoms. The Kier molecular flexibility index (Phi) is 6.09. The lowest BCUT2D eigenvalue weighted by Crippen LogP contribution is -2.27. The number of esters is 1. The zero-order valence-electron chi connectivity index (χ0n) is 15.4. The molecular formula is C20H24N4O3. The number of benzene rings is 1. The Bertz CT molecular complexity index is 823. The van der Waals surface area contributed by atoms with Crippen molar-refractivity contribution < 1.29 is 14.3 Å². The summed E-state index contributed by atoms with van der Waals surface area (Å²) < 4.78 is 12.6. The molecule has 1 aliphatic carbocycles. The van der Waals surface area contributed by atoms with Crippen LogP contribution in [0.5, 0.6) is 0 Å². The third kappa shape index (κ3) is 4.47. The highest BCUT2D eigenvalue weighted by molar-refractivity contribution is 5.89. The molecule has 27 heavy (non-hydrogen) atoms. The lowest BCUT2D eigenvalue weighted by Gasteiger charge is -2.28. The maximum atomic E-state index is 12.2. The van der Waals surface area contributed by atoms with Crippen LogP contribution in [0.25, 0.3) is 5.69 Å². The standard InChI is InChI=1S/C20H24N4O3/c1-14-4-2-3-5-18(14)26-10-11-27-20(25)15-6-8-17(9-7-15)24-19(22)16(12-21)13-23-24/h6-9,13-14,18H,2-5,10-11,22H2,1H3/t14-,18+/m0/s1. The molecule has 1 aliphatic rings. The number of carbonyl (C=O) groups excluding carboxylic acids is 1. The summed E-state index contributed by atoms with van der Waals surface area (Å²) in [5.41, 5.74) is 7.29. The molecule has 0 saturated heterocycles. The molecule has 1 saturated carbocycles. The van der Waals surface area contributed by atoms with Gasteiger partial charge in [-0.1, -0.05) is 19.8 Å². The summed E-state index contributed by atoms with van der Waals surface area (Å²) >= 11 is 0. The number of ether oxygens (including phenoxy) is 2. The Morgan fingerprint density at radius 2 is 2.04 bits per heavy atom. The summed E-state index contributed by atoms with van der Waals surface area (Å²) in [7, 11) is 0. The van der Waals surface area contributed by atoms with Crippen LogP contribution in [-0.4, -0.2) is 35.1 Å². The molecule has 1 aromatic carbocycles. The SMILES string of the molecule is C[C@H]1CCCC[C@H]1OCCOC(=O)c1ccc(-n2ncc(C#N)c2N)cc1. The lowest BCUT2D eigenvalue weighted by atomic mass is 9.88. The van der Waals surface area contributed by atoms with E-state index in [-0.39, 0.29) is 18.5 Å². The number of hydrogen-bond donors (Lipinski definition) is 1. The largest absolute Gasteiger partial charge is 0.460 e. The molecule has 1 heterocycles. The van der Waals surface area contributed by atoms with Gasteiger partial charge in [-0.3, -0.25) is 0 Å². The number of aromatic nitrogens is 2. The van der Waals surface area contributed by atoms with Gasteiger partial charge in [0.05, 0.1) is 30.2 Å². The molecule has 2 atom stereocenters. The van der Waals surface area contributed by atoms with Crippen LogP contribution < -0.4 is 5.73 Å². The average Bonchev–Trinajstić information content (AvgIpc) is 3.07. The number of nitrogens with zero attached hydrogens (tertiary/aromatic N) is 3. The van der Waals surface area contributed by atoms with Crippen molar-refractivity contribution in [2.75, 3.05) is 18.9 Å². The van der Waals surface area contributed by atoms with Crippen LogP contribution in [0.2, 0.25) is 0 Å². The summed E-state index contributed by atoms with van der Waals surface area (Å²) in [6.45, 7) is 2.87. The minimum Gasteiger partial charge on any atom is -0.460 e. The van der Waals surface area contributed by atoms with E-state index < -0.39 is 5.97 Å². The third-order valence-corrected chi connectivity index (χ3v) is 4.96. The minimum absolute atomic E-state index is 0.238. The number of nitriles is 1. The van der Waals surface area contributed by atoms with Crippen molar-refractivity contribution in [1.82, 2.24) is 9.78 Å². The molecule has 0 aliphatic heterocycles. The Hall–Kier alpha value is -2.85. The molecule has 7 nitrogen and oxygen atoms in total. The van der Waals surface area contributed by atoms with Crippen LogP contribution in [0.15, 0.2) is 30.5 Å². The van der Waals surface area contributed by atoms with Crippen LogP contribution in [0.3, 0.4) is 0 Å². The van der Waals surface area contributed by atoms with E-state index in [2.05, 4.69) is 12.0 Å². The molecule has 1 fully saturated rings. The van der Waals surface area contributed by atoms with E-state index >= 15 is 0 Å². The predicted molar refractivity (Wildman–Crippen MR) is 100 cm³/mol. The van der Waals surface area contributed by atoms with Crippen molar-refractivity contribution in [2.45, 2.75) is 38.7 Å². The number of hydrogen-bond acceptors (Lipinski definition) is 6. The van der Waals surface area contributed by atoms with E-state index in [0.29, 0.717) is 29.3 Å². The number of rotatable bonds is 6. The molecule has 1 aromatic heterocycles. The average molecular weight is 368 g/mol. The molecule has 3 rings (SSSR count). The Morgan fingerprint density at radius 3 is 2.70 bits per heavy atom. The zero-order chi connectivity index (χ0) is 19.2. The van der Waals surface area contributed by atoms with Crippen molar-refractivity contribution in [3.05, 3.63) is 41.6 Å². The number of carbonyl (C=O) groups is 1. The number of nitrogens with two attached hydrogens (primary N) is 1. The second-order valence-electron chi connectivity index (χ2n) is 6.82. The first-order chi connectivity index (χ1) is 13.1. The molecule has 0 spiro atoms. The first kappa shape index (κ1) is 18.9. The topological polar surface area (TPSA) is 103 Å². The maximum absolute atomic E-state index is 12.2. The molecular weight excluding hydrogens is 344 g/mol. The second kappa shape index (κ2) is 8.69. The highest BCUT2D eigenvalue weighted by atomic mass is 16.6. The van der Waals surface area contributed by atoms with Gasteiger partial charge in [-0.05, 0) is 43.0 Å². The molecule has 0 amide bonds. The fourth-order valence-electron chi connectivity index (χ4n) is 3.34. The van der Waals surface area contributed by atoms with E-state index in [1.165, 1.54) is 30.1 Å². The normalized spacial score (nSPS) is 19.4. The first-order valence-corrected chi connectivity index (χ1v) is 9.23. The summed E-state index contributed by atoms with van der Waals surface area (Å²) in [4.78, 5) is 12.2. The molecule has 2 N–H and O–H groups in total.